The van der Waals surface area contributed by atoms with Crippen LogP contribution < -0.4 is 10.2 Å². The number of hydrogen-bond donors (Lipinski definition) is 2. The van der Waals surface area contributed by atoms with E-state index in [1.165, 1.54) is 24.3 Å². The van der Waals surface area contributed by atoms with Gasteiger partial charge in [0.25, 0.3) is 0 Å². The standard InChI is InChI=1S/C7H9BO3/c1-11-7-4-2-3-6(5-7)8(9)10/h2-5,9-10H,1H3/i1D3. The zero-order chi connectivity index (χ0) is 10.8. The third kappa shape index (κ3) is 1.96. The van der Waals surface area contributed by atoms with Crippen LogP contribution in [-0.2, 0) is 0 Å². The van der Waals surface area contributed by atoms with Crippen LogP contribution in [0.1, 0.15) is 4.11 Å². The highest BCUT2D eigenvalue weighted by Gasteiger charge is 2.10. The Hall–Kier alpha value is -0.995. The number of methoxy groups -OCH3 is 1. The van der Waals surface area contributed by atoms with Crippen LogP contribution in [0, 0.1) is 0 Å². The summed E-state index contributed by atoms with van der Waals surface area (Å²) < 4.78 is 25.1. The number of ether oxygens (including phenoxy) is 1. The van der Waals surface area contributed by atoms with Crippen molar-refractivity contribution in [1.82, 2.24) is 0 Å². The molecule has 0 aliphatic carbocycles. The van der Waals surface area contributed by atoms with Gasteiger partial charge in [0.2, 0.25) is 0 Å². The van der Waals surface area contributed by atoms with E-state index in [4.69, 9.17) is 14.2 Å². The van der Waals surface area contributed by atoms with Crippen molar-refractivity contribution in [2.24, 2.45) is 0 Å². The van der Waals surface area contributed by atoms with Crippen molar-refractivity contribution in [1.29, 1.82) is 0 Å². The number of hydrogen-bond acceptors (Lipinski definition) is 3. The highest BCUT2D eigenvalue weighted by molar-refractivity contribution is 6.58. The zero-order valence-electron chi connectivity index (χ0n) is 8.69. The maximum atomic E-state index is 8.81. The lowest BCUT2D eigenvalue weighted by Gasteiger charge is -2.01. The smallest absolute Gasteiger partial charge is 0.488 e. The molecule has 0 aliphatic heterocycles. The Balaban J connectivity index is 2.84. The summed E-state index contributed by atoms with van der Waals surface area (Å²) in [5.41, 5.74) is 0.187. The van der Waals surface area contributed by atoms with Gasteiger partial charge in [0, 0.05) is 0 Å². The molecule has 1 aromatic carbocycles. The van der Waals surface area contributed by atoms with E-state index in [2.05, 4.69) is 4.74 Å². The average Bonchev–Trinajstić information content (AvgIpc) is 2.01. The van der Waals surface area contributed by atoms with Crippen LogP contribution in [0.2, 0.25) is 0 Å². The highest BCUT2D eigenvalue weighted by atomic mass is 16.5. The second-order valence-corrected chi connectivity index (χ2v) is 2.05. The molecule has 4 heteroatoms. The van der Waals surface area contributed by atoms with E-state index < -0.39 is 14.2 Å². The monoisotopic (exact) mass is 155 g/mol. The maximum absolute atomic E-state index is 8.81. The van der Waals surface area contributed by atoms with Gasteiger partial charge in [0.1, 0.15) is 5.75 Å². The predicted molar refractivity (Wildman–Crippen MR) is 42.8 cm³/mol. The molecule has 0 bridgehead atoms. The van der Waals surface area contributed by atoms with E-state index in [-0.39, 0.29) is 11.2 Å². The fraction of sp³-hybridized carbons (Fsp3) is 0.143. The Kier molecular flexibility index (Phi) is 1.49. The molecule has 1 aromatic rings. The van der Waals surface area contributed by atoms with Gasteiger partial charge in [0.15, 0.2) is 0 Å². The second kappa shape index (κ2) is 3.41. The molecule has 0 atom stereocenters. The molecule has 58 valence electrons. The molecule has 0 spiro atoms. The van der Waals surface area contributed by atoms with Gasteiger partial charge >= 0.3 is 7.12 Å². The molecule has 0 fully saturated rings. The highest BCUT2D eigenvalue weighted by Crippen LogP contribution is 2.05. The summed E-state index contributed by atoms with van der Waals surface area (Å²) >= 11 is 0. The quantitative estimate of drug-likeness (QED) is 0.559. The van der Waals surface area contributed by atoms with E-state index in [1.807, 2.05) is 0 Å². The van der Waals surface area contributed by atoms with Gasteiger partial charge in [0.05, 0.1) is 11.2 Å². The second-order valence-electron chi connectivity index (χ2n) is 2.05. The van der Waals surface area contributed by atoms with Gasteiger partial charge < -0.3 is 14.8 Å². The normalized spacial score (nSPS) is 14.5. The van der Waals surface area contributed by atoms with Crippen molar-refractivity contribution in [2.75, 3.05) is 7.04 Å². The summed E-state index contributed by atoms with van der Waals surface area (Å²) in [6.07, 6.45) is 0. The van der Waals surface area contributed by atoms with Crippen molar-refractivity contribution in [3.63, 3.8) is 0 Å². The lowest BCUT2D eigenvalue weighted by Crippen LogP contribution is -2.29. The molecular weight excluding hydrogens is 143 g/mol. The van der Waals surface area contributed by atoms with E-state index in [0.717, 1.165) is 0 Å². The first kappa shape index (κ1) is 4.80. The summed E-state index contributed by atoms with van der Waals surface area (Å²) in [6, 6.07) is 5.63. The summed E-state index contributed by atoms with van der Waals surface area (Å²) in [7, 11) is -4.16. The van der Waals surface area contributed by atoms with Gasteiger partial charge in [-0.1, -0.05) is 12.1 Å². The van der Waals surface area contributed by atoms with Crippen LogP contribution in [0.4, 0.5) is 0 Å². The molecule has 0 aromatic heterocycles. The molecule has 0 unspecified atom stereocenters. The first-order chi connectivity index (χ1) is 6.38. The van der Waals surface area contributed by atoms with Crippen molar-refractivity contribution in [3.8, 4) is 5.75 Å². The molecule has 0 heterocycles. The van der Waals surface area contributed by atoms with Gasteiger partial charge in [-0.15, -0.1) is 0 Å². The molecule has 0 amide bonds. The summed E-state index contributed by atoms with van der Waals surface area (Å²) in [6.45, 7) is 0. The Morgan fingerprint density at radius 2 is 2.36 bits per heavy atom. The maximum Gasteiger partial charge on any atom is 0.488 e. The van der Waals surface area contributed by atoms with E-state index in [0.29, 0.717) is 0 Å². The van der Waals surface area contributed by atoms with Crippen LogP contribution in [-0.4, -0.2) is 24.2 Å². The molecule has 0 saturated heterocycles. The predicted octanol–water partition coefficient (Wildman–Crippen LogP) is -0.625. The van der Waals surface area contributed by atoms with Gasteiger partial charge in [-0.2, -0.15) is 0 Å². The lowest BCUT2D eigenvalue weighted by molar-refractivity contribution is 0.412. The molecule has 1 rings (SSSR count). The van der Waals surface area contributed by atoms with Gasteiger partial charge in [-0.25, -0.2) is 0 Å². The summed E-state index contributed by atoms with van der Waals surface area (Å²) in [5, 5.41) is 17.6. The molecule has 0 radical (unpaired) electrons. The Labute approximate surface area is 69.6 Å². The molecule has 2 N–H and O–H groups in total. The van der Waals surface area contributed by atoms with Crippen molar-refractivity contribution in [2.45, 2.75) is 0 Å². The molecule has 0 aliphatic rings. The van der Waals surface area contributed by atoms with Crippen molar-refractivity contribution >= 4 is 12.6 Å². The summed E-state index contributed by atoms with van der Waals surface area (Å²) in [4.78, 5) is 0. The van der Waals surface area contributed by atoms with Crippen molar-refractivity contribution in [3.05, 3.63) is 24.3 Å². The van der Waals surface area contributed by atoms with E-state index >= 15 is 0 Å². The number of rotatable bonds is 2. The third-order valence-electron chi connectivity index (χ3n) is 1.27. The average molecular weight is 155 g/mol. The van der Waals surface area contributed by atoms with Gasteiger partial charge in [-0.05, 0) is 17.6 Å². The lowest BCUT2D eigenvalue weighted by atomic mass is 9.80. The van der Waals surface area contributed by atoms with E-state index in [9.17, 15) is 0 Å². The minimum Gasteiger partial charge on any atom is -0.497 e. The molecular formula is C7H9BO3. The first-order valence-electron chi connectivity index (χ1n) is 4.53. The molecule has 11 heavy (non-hydrogen) atoms. The SMILES string of the molecule is [2H]C([2H])([2H])Oc1cccc(B(O)O)c1. The fourth-order valence-electron chi connectivity index (χ4n) is 0.739. The van der Waals surface area contributed by atoms with Crippen LogP contribution in [0.3, 0.4) is 0 Å². The van der Waals surface area contributed by atoms with Crippen LogP contribution in [0.5, 0.6) is 5.75 Å². The first-order valence-corrected chi connectivity index (χ1v) is 3.03. The van der Waals surface area contributed by atoms with Gasteiger partial charge in [-0.3, -0.25) is 0 Å². The Morgan fingerprint density at radius 1 is 1.55 bits per heavy atom. The topological polar surface area (TPSA) is 49.7 Å². The Morgan fingerprint density at radius 3 is 3.00 bits per heavy atom. The fourth-order valence-corrected chi connectivity index (χ4v) is 0.739. The minimum atomic E-state index is -2.53. The summed E-state index contributed by atoms with van der Waals surface area (Å²) in [5.74, 6) is 0.0793. The molecule has 3 nitrogen and oxygen atoms in total. The number of benzene rings is 1. The van der Waals surface area contributed by atoms with Crippen LogP contribution in [0.15, 0.2) is 24.3 Å². The van der Waals surface area contributed by atoms with Crippen molar-refractivity contribution < 1.29 is 18.9 Å². The minimum absolute atomic E-state index is 0.0793. The Bertz CT molecular complexity index is 313. The van der Waals surface area contributed by atoms with E-state index in [1.54, 1.807) is 0 Å². The largest absolute Gasteiger partial charge is 0.497 e. The molecule has 0 saturated carbocycles. The van der Waals surface area contributed by atoms with Crippen LogP contribution in [0.25, 0.3) is 0 Å². The van der Waals surface area contributed by atoms with Crippen LogP contribution >= 0.6 is 0 Å². The zero-order valence-corrected chi connectivity index (χ0v) is 5.69. The third-order valence-corrected chi connectivity index (χ3v) is 1.27.